The van der Waals surface area contributed by atoms with Crippen LogP contribution in [0.15, 0.2) is 61.2 Å². The average molecular weight is 252 g/mol. The number of hydrogen-bond acceptors (Lipinski definition) is 2. The zero-order valence-corrected chi connectivity index (χ0v) is 10.9. The molecule has 2 aromatic rings. The normalized spacial score (nSPS) is 9.95. The summed E-state index contributed by atoms with van der Waals surface area (Å²) in [7, 11) is 0. The average Bonchev–Trinajstić information content (AvgIpc) is 2.45. The number of aryl methyl sites for hydroxylation is 1. The number of ether oxygens (including phenoxy) is 1. The Hall–Kier alpha value is -2.35. The van der Waals surface area contributed by atoms with Gasteiger partial charge in [0.25, 0.3) is 0 Å². The smallest absolute Gasteiger partial charge is 0.339 e. The van der Waals surface area contributed by atoms with E-state index in [1.54, 1.807) is 12.1 Å². The predicted molar refractivity (Wildman–Crippen MR) is 77.1 cm³/mol. The molecule has 0 unspecified atom stereocenters. The summed E-state index contributed by atoms with van der Waals surface area (Å²) in [4.78, 5) is 12.0. The van der Waals surface area contributed by atoms with Gasteiger partial charge in [0.15, 0.2) is 0 Å². The second-order valence-corrected chi connectivity index (χ2v) is 4.25. The van der Waals surface area contributed by atoms with Crippen LogP contribution in [-0.4, -0.2) is 12.6 Å². The highest BCUT2D eigenvalue weighted by atomic mass is 16.5. The molecule has 0 saturated heterocycles. The van der Waals surface area contributed by atoms with Crippen molar-refractivity contribution in [3.63, 3.8) is 0 Å². The fraction of sp³-hybridized carbons (Fsp3) is 0.118. The minimum absolute atomic E-state index is 0.223. The molecule has 2 rings (SSSR count). The topological polar surface area (TPSA) is 26.3 Å². The van der Waals surface area contributed by atoms with E-state index in [-0.39, 0.29) is 12.6 Å². The van der Waals surface area contributed by atoms with Gasteiger partial charge in [0, 0.05) is 0 Å². The molecule has 96 valence electrons. The van der Waals surface area contributed by atoms with Gasteiger partial charge >= 0.3 is 5.97 Å². The second-order valence-electron chi connectivity index (χ2n) is 4.25. The predicted octanol–water partition coefficient (Wildman–Crippen LogP) is 4.00. The van der Waals surface area contributed by atoms with Gasteiger partial charge in [-0.25, -0.2) is 4.79 Å². The van der Waals surface area contributed by atoms with Gasteiger partial charge in [-0.1, -0.05) is 55.1 Å². The van der Waals surface area contributed by atoms with Crippen molar-refractivity contribution in [1.82, 2.24) is 0 Å². The summed E-state index contributed by atoms with van der Waals surface area (Å²) in [5, 5.41) is 0. The zero-order chi connectivity index (χ0) is 13.7. The van der Waals surface area contributed by atoms with Crippen molar-refractivity contribution >= 4 is 5.97 Å². The fourth-order valence-corrected chi connectivity index (χ4v) is 1.98. The number of rotatable bonds is 4. The maximum Gasteiger partial charge on any atom is 0.339 e. The van der Waals surface area contributed by atoms with E-state index in [9.17, 15) is 4.79 Å². The second kappa shape index (κ2) is 6.01. The van der Waals surface area contributed by atoms with Crippen LogP contribution in [0.3, 0.4) is 0 Å². The molecular formula is C17H16O2. The van der Waals surface area contributed by atoms with Crippen molar-refractivity contribution in [2.24, 2.45) is 0 Å². The third-order valence-electron chi connectivity index (χ3n) is 2.91. The Kier molecular flexibility index (Phi) is 4.14. The van der Waals surface area contributed by atoms with Crippen molar-refractivity contribution in [3.8, 4) is 11.1 Å². The Bertz CT molecular complexity index is 600. The first-order valence-electron chi connectivity index (χ1n) is 6.17. The van der Waals surface area contributed by atoms with E-state index < -0.39 is 0 Å². The van der Waals surface area contributed by atoms with Crippen LogP contribution >= 0.6 is 0 Å². The minimum atomic E-state index is -0.321. The summed E-state index contributed by atoms with van der Waals surface area (Å²) in [6.07, 6.45) is 1.56. The molecule has 0 N–H and O–H groups in total. The number of esters is 1. The van der Waals surface area contributed by atoms with Gasteiger partial charge in [-0.05, 0) is 29.7 Å². The Labute approximate surface area is 113 Å². The fourth-order valence-electron chi connectivity index (χ4n) is 1.98. The van der Waals surface area contributed by atoms with E-state index in [4.69, 9.17) is 4.74 Å². The van der Waals surface area contributed by atoms with E-state index in [1.165, 1.54) is 0 Å². The first-order chi connectivity index (χ1) is 9.24. The molecular weight excluding hydrogens is 236 g/mol. The molecule has 2 aromatic carbocycles. The zero-order valence-electron chi connectivity index (χ0n) is 10.9. The van der Waals surface area contributed by atoms with Gasteiger partial charge in [0.2, 0.25) is 0 Å². The molecule has 0 saturated carbocycles. The van der Waals surface area contributed by atoms with E-state index in [1.807, 2.05) is 49.4 Å². The van der Waals surface area contributed by atoms with Crippen LogP contribution < -0.4 is 0 Å². The van der Waals surface area contributed by atoms with Gasteiger partial charge in [-0.2, -0.15) is 0 Å². The van der Waals surface area contributed by atoms with E-state index in [2.05, 4.69) is 6.58 Å². The molecule has 0 spiro atoms. The van der Waals surface area contributed by atoms with E-state index >= 15 is 0 Å². The van der Waals surface area contributed by atoms with Crippen molar-refractivity contribution in [3.05, 3.63) is 72.3 Å². The molecule has 0 bridgehead atoms. The summed E-state index contributed by atoms with van der Waals surface area (Å²) >= 11 is 0. The molecule has 2 nitrogen and oxygen atoms in total. The van der Waals surface area contributed by atoms with Crippen LogP contribution in [0.4, 0.5) is 0 Å². The number of carbonyl (C=O) groups is 1. The van der Waals surface area contributed by atoms with Gasteiger partial charge in [-0.15, -0.1) is 0 Å². The first kappa shape index (κ1) is 13.1. The molecule has 0 fully saturated rings. The van der Waals surface area contributed by atoms with Crippen molar-refractivity contribution in [2.75, 3.05) is 6.61 Å². The molecule has 0 heterocycles. The van der Waals surface area contributed by atoms with Gasteiger partial charge in [0.05, 0.1) is 5.56 Å². The van der Waals surface area contributed by atoms with Crippen molar-refractivity contribution < 1.29 is 9.53 Å². The molecule has 0 aromatic heterocycles. The Morgan fingerprint density at radius 2 is 1.74 bits per heavy atom. The lowest BCUT2D eigenvalue weighted by Gasteiger charge is -2.11. The van der Waals surface area contributed by atoms with E-state index in [0.29, 0.717) is 5.56 Å². The van der Waals surface area contributed by atoms with Gasteiger partial charge in [0.1, 0.15) is 6.61 Å². The SMILES string of the molecule is C=CCOC(=O)c1ccccc1-c1ccccc1C. The lowest BCUT2D eigenvalue weighted by atomic mass is 9.96. The molecule has 0 aliphatic carbocycles. The minimum Gasteiger partial charge on any atom is -0.458 e. The van der Waals surface area contributed by atoms with Crippen LogP contribution in [0.5, 0.6) is 0 Å². The maximum absolute atomic E-state index is 12.0. The van der Waals surface area contributed by atoms with Crippen molar-refractivity contribution in [2.45, 2.75) is 6.92 Å². The molecule has 0 atom stereocenters. The molecule has 0 radical (unpaired) electrons. The van der Waals surface area contributed by atoms with Crippen LogP contribution in [0, 0.1) is 6.92 Å². The third kappa shape index (κ3) is 2.91. The number of hydrogen-bond donors (Lipinski definition) is 0. The van der Waals surface area contributed by atoms with Crippen molar-refractivity contribution in [1.29, 1.82) is 0 Å². The molecule has 0 aliphatic rings. The van der Waals surface area contributed by atoms with Crippen LogP contribution in [0.25, 0.3) is 11.1 Å². The highest BCUT2D eigenvalue weighted by Crippen LogP contribution is 2.27. The maximum atomic E-state index is 12.0. The molecule has 19 heavy (non-hydrogen) atoms. The van der Waals surface area contributed by atoms with E-state index in [0.717, 1.165) is 16.7 Å². The Morgan fingerprint density at radius 1 is 1.11 bits per heavy atom. The Balaban J connectivity index is 2.44. The number of benzene rings is 2. The Morgan fingerprint density at radius 3 is 2.42 bits per heavy atom. The third-order valence-corrected chi connectivity index (χ3v) is 2.91. The highest BCUT2D eigenvalue weighted by molar-refractivity contribution is 5.97. The lowest BCUT2D eigenvalue weighted by Crippen LogP contribution is -2.07. The molecule has 2 heteroatoms. The van der Waals surface area contributed by atoms with Crippen LogP contribution in [-0.2, 0) is 4.74 Å². The molecule has 0 amide bonds. The lowest BCUT2D eigenvalue weighted by molar-refractivity contribution is 0.0550. The quantitative estimate of drug-likeness (QED) is 0.607. The largest absolute Gasteiger partial charge is 0.458 e. The molecule has 0 aliphatic heterocycles. The summed E-state index contributed by atoms with van der Waals surface area (Å²) in [5.74, 6) is -0.321. The van der Waals surface area contributed by atoms with Crippen LogP contribution in [0.2, 0.25) is 0 Å². The first-order valence-corrected chi connectivity index (χ1v) is 6.17. The standard InChI is InChI=1S/C17H16O2/c1-3-12-19-17(18)16-11-7-6-10-15(16)14-9-5-4-8-13(14)2/h3-11H,1,12H2,2H3. The summed E-state index contributed by atoms with van der Waals surface area (Å²) in [6.45, 7) is 5.80. The highest BCUT2D eigenvalue weighted by Gasteiger charge is 2.14. The summed E-state index contributed by atoms with van der Waals surface area (Å²) < 4.78 is 5.12. The van der Waals surface area contributed by atoms with Crippen LogP contribution in [0.1, 0.15) is 15.9 Å². The number of carbonyl (C=O) groups excluding carboxylic acids is 1. The summed E-state index contributed by atoms with van der Waals surface area (Å²) in [5.41, 5.74) is 3.66. The van der Waals surface area contributed by atoms with Gasteiger partial charge < -0.3 is 4.74 Å². The monoisotopic (exact) mass is 252 g/mol. The van der Waals surface area contributed by atoms with Gasteiger partial charge in [-0.3, -0.25) is 0 Å². The summed E-state index contributed by atoms with van der Waals surface area (Å²) in [6, 6.07) is 15.5.